The number of benzene rings is 1. The molecule has 0 aromatic heterocycles. The highest BCUT2D eigenvalue weighted by Crippen LogP contribution is 2.38. The molecule has 1 saturated heterocycles. The number of para-hydroxylation sites is 1. The predicted octanol–water partition coefficient (Wildman–Crippen LogP) is 2.55. The van der Waals surface area contributed by atoms with E-state index in [9.17, 15) is 9.59 Å². The summed E-state index contributed by atoms with van der Waals surface area (Å²) in [5.41, 5.74) is 0.840. The summed E-state index contributed by atoms with van der Waals surface area (Å²) in [5.74, 6) is 1.03. The van der Waals surface area contributed by atoms with Crippen LogP contribution in [0.15, 0.2) is 24.3 Å². The van der Waals surface area contributed by atoms with E-state index in [2.05, 4.69) is 11.4 Å². The Bertz CT molecular complexity index is 683. The number of aryl methyl sites for hydroxylation is 1. The Kier molecular flexibility index (Phi) is 6.94. The number of hydrogen-bond acceptors (Lipinski definition) is 4. The lowest BCUT2D eigenvalue weighted by Gasteiger charge is -2.41. The van der Waals surface area contributed by atoms with Crippen molar-refractivity contribution in [3.63, 3.8) is 0 Å². The molecule has 28 heavy (non-hydrogen) atoms. The van der Waals surface area contributed by atoms with Crippen molar-refractivity contribution < 1.29 is 19.1 Å². The van der Waals surface area contributed by atoms with Crippen LogP contribution >= 0.6 is 0 Å². The highest BCUT2D eigenvalue weighted by Gasteiger charge is 2.42. The molecule has 2 aliphatic heterocycles. The van der Waals surface area contributed by atoms with E-state index in [4.69, 9.17) is 9.47 Å². The molecule has 6 heteroatoms. The van der Waals surface area contributed by atoms with Crippen LogP contribution in [0.2, 0.25) is 0 Å². The molecule has 0 radical (unpaired) electrons. The van der Waals surface area contributed by atoms with Crippen LogP contribution in [-0.4, -0.2) is 56.2 Å². The molecular weight excluding hydrogens is 356 g/mol. The number of ether oxygens (including phenoxy) is 2. The zero-order valence-corrected chi connectivity index (χ0v) is 17.0. The van der Waals surface area contributed by atoms with Gasteiger partial charge in [-0.15, -0.1) is 0 Å². The Morgan fingerprint density at radius 3 is 2.75 bits per heavy atom. The molecule has 0 unspecified atom stereocenters. The fourth-order valence-corrected chi connectivity index (χ4v) is 4.25. The van der Waals surface area contributed by atoms with Gasteiger partial charge in [0.1, 0.15) is 19.0 Å². The van der Waals surface area contributed by atoms with Gasteiger partial charge >= 0.3 is 0 Å². The van der Waals surface area contributed by atoms with Crippen molar-refractivity contribution in [3.05, 3.63) is 29.8 Å². The summed E-state index contributed by atoms with van der Waals surface area (Å²) in [5, 5.41) is 3.17. The summed E-state index contributed by atoms with van der Waals surface area (Å²) in [6, 6.07) is 8.10. The van der Waals surface area contributed by atoms with E-state index in [1.807, 2.05) is 30.0 Å². The Balaban J connectivity index is 1.70. The second-order valence-electron chi connectivity index (χ2n) is 8.09. The summed E-state index contributed by atoms with van der Waals surface area (Å²) < 4.78 is 11.0. The minimum Gasteiger partial charge on any atom is -0.491 e. The predicted molar refractivity (Wildman–Crippen MR) is 107 cm³/mol. The molecule has 3 rings (SSSR count). The van der Waals surface area contributed by atoms with Crippen LogP contribution in [0.4, 0.5) is 0 Å². The number of nitrogens with one attached hydrogen (secondary N) is 1. The van der Waals surface area contributed by atoms with Crippen molar-refractivity contribution in [2.45, 2.75) is 51.5 Å². The van der Waals surface area contributed by atoms with Crippen LogP contribution in [0.1, 0.15) is 44.6 Å². The Morgan fingerprint density at radius 2 is 2.00 bits per heavy atom. The normalized spacial score (nSPS) is 23.0. The first-order chi connectivity index (χ1) is 13.5. The molecule has 2 heterocycles. The number of nitrogens with zero attached hydrogens (tertiary/aromatic N) is 1. The number of hydrogen-bond donors (Lipinski definition) is 1. The number of likely N-dealkylation sites (tertiary alicyclic amines) is 1. The van der Waals surface area contributed by atoms with Crippen molar-refractivity contribution in [1.82, 2.24) is 10.2 Å². The molecule has 154 valence electrons. The van der Waals surface area contributed by atoms with E-state index in [0.717, 1.165) is 31.4 Å². The molecule has 1 aromatic carbocycles. The first-order valence-corrected chi connectivity index (χ1v) is 10.3. The summed E-state index contributed by atoms with van der Waals surface area (Å²) >= 11 is 0. The van der Waals surface area contributed by atoms with Crippen molar-refractivity contribution in [1.29, 1.82) is 0 Å². The molecule has 1 spiro atoms. The van der Waals surface area contributed by atoms with Crippen molar-refractivity contribution in [3.8, 4) is 5.75 Å². The number of piperidine rings is 1. The Labute approximate surface area is 167 Å². The summed E-state index contributed by atoms with van der Waals surface area (Å²) in [4.78, 5) is 27.1. The van der Waals surface area contributed by atoms with Gasteiger partial charge in [-0.3, -0.25) is 9.59 Å². The molecular formula is C22H32N2O4. The molecule has 6 nitrogen and oxygen atoms in total. The smallest absolute Gasteiger partial charge is 0.248 e. The summed E-state index contributed by atoms with van der Waals surface area (Å²) in [6.07, 6.45) is 5.25. The van der Waals surface area contributed by atoms with E-state index in [1.165, 1.54) is 12.7 Å². The van der Waals surface area contributed by atoms with Crippen molar-refractivity contribution in [2.75, 3.05) is 33.4 Å². The Hall–Kier alpha value is -2.08. The van der Waals surface area contributed by atoms with Crippen molar-refractivity contribution in [2.24, 2.45) is 5.41 Å². The SMILES string of the molecule is COCC(=O)N1CCC2(CCCCc3ccccc3OC[C@@H](C)NC2=O)CC1. The van der Waals surface area contributed by atoms with Crippen LogP contribution in [0.25, 0.3) is 0 Å². The standard InChI is InChI=1S/C22H32N2O4/c1-17-15-28-19-9-4-3-7-18(19)8-5-6-10-22(21(26)23-17)11-13-24(14-12-22)20(25)16-27-2/h3-4,7,9,17H,5-6,8,10-16H2,1-2H3,(H,23,26)/t17-/m1/s1. The van der Waals surface area contributed by atoms with E-state index in [0.29, 0.717) is 32.5 Å². The number of methoxy groups -OCH3 is 1. The van der Waals surface area contributed by atoms with Gasteiger partial charge in [0.15, 0.2) is 0 Å². The number of carbonyl (C=O) groups is 2. The zero-order chi connectivity index (χ0) is 20.0. The van der Waals surface area contributed by atoms with Gasteiger partial charge in [0.25, 0.3) is 0 Å². The maximum atomic E-state index is 13.2. The fourth-order valence-electron chi connectivity index (χ4n) is 4.25. The fraction of sp³-hybridized carbons (Fsp3) is 0.636. The van der Waals surface area contributed by atoms with Gasteiger partial charge in [0, 0.05) is 20.2 Å². The van der Waals surface area contributed by atoms with Crippen LogP contribution < -0.4 is 10.1 Å². The lowest BCUT2D eigenvalue weighted by molar-refractivity contribution is -0.143. The number of rotatable bonds is 2. The lowest BCUT2D eigenvalue weighted by Crippen LogP contribution is -2.53. The zero-order valence-electron chi connectivity index (χ0n) is 17.0. The summed E-state index contributed by atoms with van der Waals surface area (Å²) in [6.45, 7) is 3.77. The van der Waals surface area contributed by atoms with Gasteiger partial charge < -0.3 is 19.7 Å². The highest BCUT2D eigenvalue weighted by molar-refractivity contribution is 5.84. The monoisotopic (exact) mass is 388 g/mol. The second kappa shape index (κ2) is 9.41. The molecule has 1 N–H and O–H groups in total. The Morgan fingerprint density at radius 1 is 1.25 bits per heavy atom. The molecule has 1 fully saturated rings. The third kappa shape index (κ3) is 4.85. The van der Waals surface area contributed by atoms with Gasteiger partial charge in [-0.05, 0) is 50.7 Å². The largest absolute Gasteiger partial charge is 0.491 e. The van der Waals surface area contributed by atoms with Crippen LogP contribution in [0, 0.1) is 5.41 Å². The molecule has 2 amide bonds. The molecule has 2 aliphatic rings. The second-order valence-corrected chi connectivity index (χ2v) is 8.09. The molecule has 0 aliphatic carbocycles. The maximum absolute atomic E-state index is 13.2. The molecule has 1 atom stereocenters. The quantitative estimate of drug-likeness (QED) is 0.846. The van der Waals surface area contributed by atoms with E-state index in [-0.39, 0.29) is 24.5 Å². The summed E-state index contributed by atoms with van der Waals surface area (Å²) in [7, 11) is 1.53. The minimum absolute atomic E-state index is 0.00397. The first-order valence-electron chi connectivity index (χ1n) is 10.3. The van der Waals surface area contributed by atoms with Crippen LogP contribution in [-0.2, 0) is 20.7 Å². The topological polar surface area (TPSA) is 67.9 Å². The molecule has 0 saturated carbocycles. The van der Waals surface area contributed by atoms with Crippen molar-refractivity contribution >= 4 is 11.8 Å². The molecule has 0 bridgehead atoms. The number of amides is 2. The van der Waals surface area contributed by atoms with Crippen LogP contribution in [0.3, 0.4) is 0 Å². The third-order valence-electron chi connectivity index (χ3n) is 6.01. The number of carbonyl (C=O) groups excluding carboxylic acids is 2. The van der Waals surface area contributed by atoms with Gasteiger partial charge in [0.05, 0.1) is 11.5 Å². The minimum atomic E-state index is -0.392. The van der Waals surface area contributed by atoms with Gasteiger partial charge in [-0.2, -0.15) is 0 Å². The number of fused-ring (bicyclic) bond motifs is 1. The molecule has 1 aromatic rings. The van der Waals surface area contributed by atoms with E-state index >= 15 is 0 Å². The average molecular weight is 389 g/mol. The third-order valence-corrected chi connectivity index (χ3v) is 6.01. The highest BCUT2D eigenvalue weighted by atomic mass is 16.5. The maximum Gasteiger partial charge on any atom is 0.248 e. The van der Waals surface area contributed by atoms with E-state index in [1.54, 1.807) is 0 Å². The van der Waals surface area contributed by atoms with E-state index < -0.39 is 5.41 Å². The van der Waals surface area contributed by atoms with Gasteiger partial charge in [0.2, 0.25) is 11.8 Å². The van der Waals surface area contributed by atoms with Gasteiger partial charge in [-0.25, -0.2) is 0 Å². The van der Waals surface area contributed by atoms with Gasteiger partial charge in [-0.1, -0.05) is 24.6 Å². The average Bonchev–Trinajstić information content (AvgIpc) is 2.70. The van der Waals surface area contributed by atoms with Crippen LogP contribution in [0.5, 0.6) is 5.75 Å². The lowest BCUT2D eigenvalue weighted by atomic mass is 9.73. The first kappa shape index (κ1) is 20.6.